The molecule has 1 heterocycles. The van der Waals surface area contributed by atoms with Gasteiger partial charge in [-0.2, -0.15) is 0 Å². The number of nitrogens with zero attached hydrogens (tertiary/aromatic N) is 1. The number of rotatable bonds is 5. The summed E-state index contributed by atoms with van der Waals surface area (Å²) in [4.78, 5) is 2.68. The molecule has 3 rings (SSSR count). The van der Waals surface area contributed by atoms with Gasteiger partial charge in [-0.3, -0.25) is 4.90 Å². The lowest BCUT2D eigenvalue weighted by molar-refractivity contribution is 0.204. The molecule has 1 aromatic rings. The Labute approximate surface area is 123 Å². The topological polar surface area (TPSA) is 15.3 Å². The third kappa shape index (κ3) is 3.83. The van der Waals surface area contributed by atoms with E-state index in [4.69, 9.17) is 0 Å². The molecule has 2 nitrogen and oxygen atoms in total. The van der Waals surface area contributed by atoms with Gasteiger partial charge in [0.05, 0.1) is 0 Å². The van der Waals surface area contributed by atoms with Gasteiger partial charge in [-0.25, -0.2) is 0 Å². The summed E-state index contributed by atoms with van der Waals surface area (Å²) in [5.74, 6) is 0. The number of hydrogen-bond donors (Lipinski definition) is 1. The maximum Gasteiger partial charge on any atom is 0.0239 e. The Bertz CT molecular complexity index is 425. The molecular weight excluding hydrogens is 244 g/mol. The van der Waals surface area contributed by atoms with Gasteiger partial charge in [0.2, 0.25) is 0 Å². The SMILES string of the molecule is CC1CCCCCN1Cc1ccccc1CNC1CC1. The molecule has 110 valence electrons. The summed E-state index contributed by atoms with van der Waals surface area (Å²) in [5.41, 5.74) is 3.02. The molecule has 1 aliphatic heterocycles. The Morgan fingerprint density at radius 2 is 1.85 bits per heavy atom. The molecule has 2 aliphatic rings. The molecule has 0 aromatic heterocycles. The number of hydrogen-bond acceptors (Lipinski definition) is 2. The molecule has 2 heteroatoms. The van der Waals surface area contributed by atoms with Crippen molar-refractivity contribution in [1.29, 1.82) is 0 Å². The van der Waals surface area contributed by atoms with Crippen LogP contribution >= 0.6 is 0 Å². The fourth-order valence-corrected chi connectivity index (χ4v) is 3.21. The van der Waals surface area contributed by atoms with Crippen molar-refractivity contribution in [2.24, 2.45) is 0 Å². The third-order valence-electron chi connectivity index (χ3n) is 4.84. The van der Waals surface area contributed by atoms with Gasteiger partial charge in [0.1, 0.15) is 0 Å². The summed E-state index contributed by atoms with van der Waals surface area (Å²) in [6.45, 7) is 5.84. The molecule has 1 saturated carbocycles. The van der Waals surface area contributed by atoms with Crippen molar-refractivity contribution in [2.75, 3.05) is 6.54 Å². The second kappa shape index (κ2) is 6.73. The summed E-state index contributed by atoms with van der Waals surface area (Å²) < 4.78 is 0. The van der Waals surface area contributed by atoms with Crippen LogP contribution in [0.25, 0.3) is 0 Å². The fourth-order valence-electron chi connectivity index (χ4n) is 3.21. The number of nitrogens with one attached hydrogen (secondary N) is 1. The van der Waals surface area contributed by atoms with Gasteiger partial charge in [-0.05, 0) is 50.3 Å². The molecule has 0 bridgehead atoms. The van der Waals surface area contributed by atoms with Crippen molar-refractivity contribution in [2.45, 2.75) is 70.6 Å². The van der Waals surface area contributed by atoms with E-state index in [1.165, 1.54) is 56.2 Å². The number of likely N-dealkylation sites (tertiary alicyclic amines) is 1. The fraction of sp³-hybridized carbons (Fsp3) is 0.667. The van der Waals surface area contributed by atoms with E-state index in [1.54, 1.807) is 0 Å². The standard InChI is InChI=1S/C18H28N2/c1-15-7-3-2-6-12-20(15)14-17-9-5-4-8-16(17)13-19-18-10-11-18/h4-5,8-9,15,18-19H,2-3,6-7,10-14H2,1H3. The highest BCUT2D eigenvalue weighted by molar-refractivity contribution is 5.27. The van der Waals surface area contributed by atoms with E-state index < -0.39 is 0 Å². The summed E-state index contributed by atoms with van der Waals surface area (Å²) in [6.07, 6.45) is 8.28. The largest absolute Gasteiger partial charge is 0.310 e. The van der Waals surface area contributed by atoms with Crippen molar-refractivity contribution < 1.29 is 0 Å². The smallest absolute Gasteiger partial charge is 0.0239 e. The van der Waals surface area contributed by atoms with Gasteiger partial charge in [-0.15, -0.1) is 0 Å². The molecule has 1 saturated heterocycles. The van der Waals surface area contributed by atoms with Gasteiger partial charge in [0.25, 0.3) is 0 Å². The minimum absolute atomic E-state index is 0.738. The summed E-state index contributed by atoms with van der Waals surface area (Å²) in [5, 5.41) is 3.66. The van der Waals surface area contributed by atoms with E-state index in [0.717, 1.165) is 25.2 Å². The number of benzene rings is 1. The van der Waals surface area contributed by atoms with Gasteiger partial charge in [0.15, 0.2) is 0 Å². The molecule has 1 N–H and O–H groups in total. The lowest BCUT2D eigenvalue weighted by atomic mass is 10.1. The Hall–Kier alpha value is -0.860. The quantitative estimate of drug-likeness (QED) is 0.879. The highest BCUT2D eigenvalue weighted by Crippen LogP contribution is 2.22. The van der Waals surface area contributed by atoms with Crippen LogP contribution in [0.2, 0.25) is 0 Å². The van der Waals surface area contributed by atoms with Gasteiger partial charge in [-0.1, -0.05) is 37.1 Å². The Balaban J connectivity index is 1.65. The average Bonchev–Trinajstić information content (AvgIpc) is 3.28. The predicted octanol–water partition coefficient (Wildman–Crippen LogP) is 3.70. The molecule has 0 amide bonds. The first kappa shape index (κ1) is 14.1. The highest BCUT2D eigenvalue weighted by atomic mass is 15.1. The van der Waals surface area contributed by atoms with Crippen LogP contribution in [-0.2, 0) is 13.1 Å². The summed E-state index contributed by atoms with van der Waals surface area (Å²) >= 11 is 0. The Morgan fingerprint density at radius 3 is 2.65 bits per heavy atom. The molecule has 1 atom stereocenters. The van der Waals surface area contributed by atoms with Crippen LogP contribution in [0.15, 0.2) is 24.3 Å². The molecule has 1 aromatic carbocycles. The zero-order valence-corrected chi connectivity index (χ0v) is 12.8. The zero-order valence-electron chi connectivity index (χ0n) is 12.8. The molecule has 20 heavy (non-hydrogen) atoms. The van der Waals surface area contributed by atoms with Crippen molar-refractivity contribution in [3.8, 4) is 0 Å². The average molecular weight is 272 g/mol. The van der Waals surface area contributed by atoms with Crippen LogP contribution in [0, 0.1) is 0 Å². The Kier molecular flexibility index (Phi) is 4.74. The summed E-state index contributed by atoms with van der Waals surface area (Å²) in [7, 11) is 0. The van der Waals surface area contributed by atoms with Crippen molar-refractivity contribution in [3.05, 3.63) is 35.4 Å². The van der Waals surface area contributed by atoms with Crippen LogP contribution in [0.5, 0.6) is 0 Å². The van der Waals surface area contributed by atoms with E-state index in [1.807, 2.05) is 0 Å². The van der Waals surface area contributed by atoms with Gasteiger partial charge < -0.3 is 5.32 Å². The van der Waals surface area contributed by atoms with Crippen molar-refractivity contribution in [1.82, 2.24) is 10.2 Å². The van der Waals surface area contributed by atoms with Crippen molar-refractivity contribution >= 4 is 0 Å². The van der Waals surface area contributed by atoms with Gasteiger partial charge in [0, 0.05) is 25.2 Å². The molecule has 0 radical (unpaired) electrons. The van der Waals surface area contributed by atoms with Gasteiger partial charge >= 0.3 is 0 Å². The van der Waals surface area contributed by atoms with E-state index in [9.17, 15) is 0 Å². The van der Waals surface area contributed by atoms with Crippen LogP contribution in [0.1, 0.15) is 56.6 Å². The van der Waals surface area contributed by atoms with E-state index in [-0.39, 0.29) is 0 Å². The first-order valence-corrected chi connectivity index (χ1v) is 8.37. The molecule has 1 aliphatic carbocycles. The lowest BCUT2D eigenvalue weighted by Gasteiger charge is -2.28. The van der Waals surface area contributed by atoms with Crippen LogP contribution in [0.3, 0.4) is 0 Å². The molecule has 0 spiro atoms. The van der Waals surface area contributed by atoms with E-state index in [0.29, 0.717) is 0 Å². The second-order valence-corrected chi connectivity index (χ2v) is 6.59. The Morgan fingerprint density at radius 1 is 1.05 bits per heavy atom. The maximum absolute atomic E-state index is 3.66. The third-order valence-corrected chi connectivity index (χ3v) is 4.84. The maximum atomic E-state index is 3.66. The normalized spacial score (nSPS) is 24.6. The van der Waals surface area contributed by atoms with Crippen LogP contribution in [-0.4, -0.2) is 23.5 Å². The first-order valence-electron chi connectivity index (χ1n) is 8.37. The minimum atomic E-state index is 0.738. The van der Waals surface area contributed by atoms with E-state index >= 15 is 0 Å². The second-order valence-electron chi connectivity index (χ2n) is 6.59. The van der Waals surface area contributed by atoms with E-state index in [2.05, 4.69) is 41.4 Å². The molecule has 1 unspecified atom stereocenters. The van der Waals surface area contributed by atoms with Crippen LogP contribution < -0.4 is 5.32 Å². The highest BCUT2D eigenvalue weighted by Gasteiger charge is 2.21. The lowest BCUT2D eigenvalue weighted by Crippen LogP contribution is -2.32. The molecule has 2 fully saturated rings. The monoisotopic (exact) mass is 272 g/mol. The van der Waals surface area contributed by atoms with Crippen LogP contribution in [0.4, 0.5) is 0 Å². The van der Waals surface area contributed by atoms with Crippen molar-refractivity contribution in [3.63, 3.8) is 0 Å². The zero-order chi connectivity index (χ0) is 13.8. The summed E-state index contributed by atoms with van der Waals surface area (Å²) in [6, 6.07) is 10.5. The first-order chi connectivity index (χ1) is 9.83. The predicted molar refractivity (Wildman–Crippen MR) is 84.6 cm³/mol. The molecular formula is C18H28N2. The minimum Gasteiger partial charge on any atom is -0.310 e.